The third-order valence-corrected chi connectivity index (χ3v) is 4.96. The molecule has 25 heavy (non-hydrogen) atoms. The van der Waals surface area contributed by atoms with Crippen LogP contribution in [0.3, 0.4) is 0 Å². The van der Waals surface area contributed by atoms with Gasteiger partial charge in [-0.1, -0.05) is 19.1 Å². The predicted octanol–water partition coefficient (Wildman–Crippen LogP) is 2.92. The van der Waals surface area contributed by atoms with Crippen LogP contribution in [0.4, 0.5) is 11.6 Å². The third kappa shape index (κ3) is 2.62. The average molecular weight is 337 g/mol. The molecule has 2 heterocycles. The van der Waals surface area contributed by atoms with E-state index in [1.54, 1.807) is 0 Å². The van der Waals surface area contributed by atoms with E-state index < -0.39 is 0 Å². The van der Waals surface area contributed by atoms with E-state index in [0.717, 1.165) is 34.9 Å². The van der Waals surface area contributed by atoms with Gasteiger partial charge in [0.15, 0.2) is 5.78 Å². The fourth-order valence-electron chi connectivity index (χ4n) is 3.78. The average Bonchev–Trinajstić information content (AvgIpc) is 2.92. The molecule has 1 aromatic carbocycles. The molecule has 1 aliphatic carbocycles. The highest BCUT2D eigenvalue weighted by Gasteiger charge is 2.38. The molecule has 2 atom stereocenters. The molecule has 0 spiro atoms. The zero-order valence-electron chi connectivity index (χ0n) is 15.1. The van der Waals surface area contributed by atoms with Gasteiger partial charge in [0.05, 0.1) is 0 Å². The molecule has 6 nitrogen and oxygen atoms in total. The van der Waals surface area contributed by atoms with E-state index in [-0.39, 0.29) is 11.8 Å². The smallest absolute Gasteiger partial charge is 0.226 e. The molecule has 0 unspecified atom stereocenters. The number of rotatable bonds is 2. The quantitative estimate of drug-likeness (QED) is 0.913. The molecule has 0 saturated heterocycles. The monoisotopic (exact) mass is 337 g/mol. The van der Waals surface area contributed by atoms with Crippen molar-refractivity contribution in [3.05, 3.63) is 46.9 Å². The minimum Gasteiger partial charge on any atom is -0.378 e. The van der Waals surface area contributed by atoms with E-state index in [1.807, 2.05) is 25.7 Å². The van der Waals surface area contributed by atoms with Crippen molar-refractivity contribution in [2.75, 3.05) is 24.3 Å². The van der Waals surface area contributed by atoms with Gasteiger partial charge in [-0.2, -0.15) is 10.1 Å². The number of ketones is 1. The highest BCUT2D eigenvalue weighted by molar-refractivity contribution is 5.99. The van der Waals surface area contributed by atoms with E-state index in [2.05, 4.69) is 51.5 Å². The molecule has 4 rings (SSSR count). The van der Waals surface area contributed by atoms with Gasteiger partial charge in [0, 0.05) is 37.5 Å². The molecule has 0 radical (unpaired) electrons. The van der Waals surface area contributed by atoms with Crippen molar-refractivity contribution in [1.29, 1.82) is 0 Å². The zero-order valence-corrected chi connectivity index (χ0v) is 15.1. The highest BCUT2D eigenvalue weighted by atomic mass is 16.1. The molecular weight excluding hydrogens is 314 g/mol. The molecule has 0 fully saturated rings. The second-order valence-corrected chi connectivity index (χ2v) is 7.27. The summed E-state index contributed by atoms with van der Waals surface area (Å²) in [5.41, 5.74) is 4.04. The summed E-state index contributed by atoms with van der Waals surface area (Å²) in [6.45, 7) is 4.00. The Balaban J connectivity index is 1.85. The lowest BCUT2D eigenvalue weighted by Gasteiger charge is -2.34. The van der Waals surface area contributed by atoms with Crippen molar-refractivity contribution in [2.45, 2.75) is 32.7 Å². The maximum absolute atomic E-state index is 12.8. The van der Waals surface area contributed by atoms with Crippen LogP contribution in [-0.2, 0) is 4.79 Å². The SMILES string of the molecule is Cc1nc2n(n1)[C@H](c1ccc(N(C)C)cc1)C1=C(C[C@@H](C)CC1=O)N2. The van der Waals surface area contributed by atoms with Gasteiger partial charge >= 0.3 is 0 Å². The summed E-state index contributed by atoms with van der Waals surface area (Å²) in [5.74, 6) is 1.99. The number of Topliss-reactive ketones (excluding diaryl/α,β-unsaturated/α-hetero) is 1. The fourth-order valence-corrected chi connectivity index (χ4v) is 3.78. The molecule has 0 saturated carbocycles. The Morgan fingerprint density at radius 1 is 1.20 bits per heavy atom. The molecular formula is C19H23N5O. The second kappa shape index (κ2) is 5.72. The Kier molecular flexibility index (Phi) is 3.63. The Morgan fingerprint density at radius 3 is 2.60 bits per heavy atom. The Bertz CT molecular complexity index is 862. The summed E-state index contributed by atoms with van der Waals surface area (Å²) in [7, 11) is 4.04. The van der Waals surface area contributed by atoms with Crippen LogP contribution in [0.5, 0.6) is 0 Å². The van der Waals surface area contributed by atoms with Crippen LogP contribution in [-0.4, -0.2) is 34.6 Å². The van der Waals surface area contributed by atoms with E-state index >= 15 is 0 Å². The number of aryl methyl sites for hydroxylation is 1. The molecule has 2 aliphatic rings. The van der Waals surface area contributed by atoms with Crippen molar-refractivity contribution in [3.8, 4) is 0 Å². The second-order valence-electron chi connectivity index (χ2n) is 7.27. The molecule has 0 amide bonds. The number of carbonyl (C=O) groups is 1. The number of fused-ring (bicyclic) bond motifs is 1. The van der Waals surface area contributed by atoms with Gasteiger partial charge in [0.1, 0.15) is 11.9 Å². The Hall–Kier alpha value is -2.63. The third-order valence-electron chi connectivity index (χ3n) is 4.96. The first-order valence-corrected chi connectivity index (χ1v) is 8.67. The number of anilines is 2. The number of carbonyl (C=O) groups excluding carboxylic acids is 1. The van der Waals surface area contributed by atoms with Gasteiger partial charge in [-0.15, -0.1) is 0 Å². The number of nitrogens with zero attached hydrogens (tertiary/aromatic N) is 4. The summed E-state index contributed by atoms with van der Waals surface area (Å²) in [4.78, 5) is 19.4. The van der Waals surface area contributed by atoms with E-state index in [9.17, 15) is 4.79 Å². The van der Waals surface area contributed by atoms with Crippen molar-refractivity contribution < 1.29 is 4.79 Å². The largest absolute Gasteiger partial charge is 0.378 e. The van der Waals surface area contributed by atoms with Crippen LogP contribution in [0.25, 0.3) is 0 Å². The van der Waals surface area contributed by atoms with Crippen molar-refractivity contribution in [1.82, 2.24) is 14.8 Å². The van der Waals surface area contributed by atoms with Crippen LogP contribution in [0.15, 0.2) is 35.5 Å². The number of hydrogen-bond acceptors (Lipinski definition) is 5. The standard InChI is InChI=1S/C19H23N5O/c1-11-9-15-17(16(25)10-11)18(24-19(21-15)20-12(2)22-24)13-5-7-14(8-6-13)23(3)4/h5-8,11,18H,9-10H2,1-4H3,(H,20,21,22)/t11-,18-/m1/s1. The maximum atomic E-state index is 12.8. The van der Waals surface area contributed by atoms with Crippen molar-refractivity contribution >= 4 is 17.4 Å². The summed E-state index contributed by atoms with van der Waals surface area (Å²) in [6.07, 6.45) is 1.47. The van der Waals surface area contributed by atoms with Crippen molar-refractivity contribution in [2.24, 2.45) is 5.92 Å². The summed E-state index contributed by atoms with van der Waals surface area (Å²) < 4.78 is 1.85. The van der Waals surface area contributed by atoms with Crippen LogP contribution < -0.4 is 10.2 Å². The lowest BCUT2D eigenvalue weighted by Crippen LogP contribution is -2.33. The summed E-state index contributed by atoms with van der Waals surface area (Å²) in [6, 6.07) is 8.13. The van der Waals surface area contributed by atoms with E-state index in [4.69, 9.17) is 0 Å². The van der Waals surface area contributed by atoms with Crippen LogP contribution in [0.1, 0.15) is 37.2 Å². The summed E-state index contributed by atoms with van der Waals surface area (Å²) in [5, 5.41) is 7.91. The molecule has 2 aromatic rings. The molecule has 0 bridgehead atoms. The van der Waals surface area contributed by atoms with Crippen molar-refractivity contribution in [3.63, 3.8) is 0 Å². The number of nitrogens with one attached hydrogen (secondary N) is 1. The van der Waals surface area contributed by atoms with Gasteiger partial charge in [-0.3, -0.25) is 4.79 Å². The maximum Gasteiger partial charge on any atom is 0.226 e. The number of benzene rings is 1. The minimum atomic E-state index is -0.205. The first kappa shape index (κ1) is 15.9. The van der Waals surface area contributed by atoms with Gasteiger partial charge in [0.25, 0.3) is 0 Å². The predicted molar refractivity (Wildman–Crippen MR) is 97.7 cm³/mol. The van der Waals surface area contributed by atoms with Crippen LogP contribution >= 0.6 is 0 Å². The Morgan fingerprint density at radius 2 is 1.92 bits per heavy atom. The van der Waals surface area contributed by atoms with Gasteiger partial charge in [-0.25, -0.2) is 4.68 Å². The summed E-state index contributed by atoms with van der Waals surface area (Å²) >= 11 is 0. The van der Waals surface area contributed by atoms with E-state index in [1.165, 1.54) is 0 Å². The molecule has 130 valence electrons. The normalized spacial score (nSPS) is 22.3. The molecule has 1 N–H and O–H groups in total. The zero-order chi connectivity index (χ0) is 17.7. The molecule has 1 aliphatic heterocycles. The van der Waals surface area contributed by atoms with Gasteiger partial charge in [0.2, 0.25) is 5.95 Å². The first-order chi connectivity index (χ1) is 11.9. The molecule has 1 aromatic heterocycles. The van der Waals surface area contributed by atoms with E-state index in [0.29, 0.717) is 18.2 Å². The van der Waals surface area contributed by atoms with Gasteiger partial charge in [-0.05, 0) is 37.0 Å². The number of aromatic nitrogens is 3. The lowest BCUT2D eigenvalue weighted by atomic mass is 9.81. The topological polar surface area (TPSA) is 63.1 Å². The van der Waals surface area contributed by atoms with Crippen LogP contribution in [0.2, 0.25) is 0 Å². The first-order valence-electron chi connectivity index (χ1n) is 8.67. The highest BCUT2D eigenvalue weighted by Crippen LogP contribution is 2.41. The van der Waals surface area contributed by atoms with Crippen LogP contribution in [0, 0.1) is 12.8 Å². The number of hydrogen-bond donors (Lipinski definition) is 1. The molecule has 6 heteroatoms. The van der Waals surface area contributed by atoms with Gasteiger partial charge < -0.3 is 10.2 Å². The minimum absolute atomic E-state index is 0.205. The number of allylic oxidation sites excluding steroid dienone is 2. The lowest BCUT2D eigenvalue weighted by molar-refractivity contribution is -0.117. The fraction of sp³-hybridized carbons (Fsp3) is 0.421. The Labute approximate surface area is 147 Å².